The highest BCUT2D eigenvalue weighted by atomic mass is 35.5. The van der Waals surface area contributed by atoms with E-state index in [4.69, 9.17) is 30.5 Å². The van der Waals surface area contributed by atoms with E-state index >= 15 is 0 Å². The molecule has 3 rings (SSSR count). The van der Waals surface area contributed by atoms with Crippen LogP contribution in [0.4, 0.5) is 10.1 Å². The average Bonchev–Trinajstić information content (AvgIpc) is 2.69. The van der Waals surface area contributed by atoms with Gasteiger partial charge in [0.1, 0.15) is 19.0 Å². The molecular formula is C19H17ClFNO6. The van der Waals surface area contributed by atoms with Crippen molar-refractivity contribution >= 4 is 29.2 Å². The van der Waals surface area contributed by atoms with Gasteiger partial charge >= 0.3 is 5.97 Å². The van der Waals surface area contributed by atoms with Gasteiger partial charge in [0.05, 0.1) is 17.7 Å². The molecule has 148 valence electrons. The van der Waals surface area contributed by atoms with Crippen molar-refractivity contribution in [2.45, 2.75) is 13.0 Å². The monoisotopic (exact) mass is 409 g/mol. The first kappa shape index (κ1) is 19.8. The van der Waals surface area contributed by atoms with Crippen LogP contribution in [0.15, 0.2) is 30.3 Å². The SMILES string of the molecule is COc1cc(C(=O)O[C@@H](C)C(=O)Nc2ccc(F)c(Cl)c2)cc2c1OCCO2. The fourth-order valence-electron chi connectivity index (χ4n) is 2.49. The fourth-order valence-corrected chi connectivity index (χ4v) is 2.67. The van der Waals surface area contributed by atoms with Gasteiger partial charge in [0.25, 0.3) is 5.91 Å². The van der Waals surface area contributed by atoms with E-state index in [2.05, 4.69) is 5.32 Å². The molecule has 1 amide bonds. The summed E-state index contributed by atoms with van der Waals surface area (Å²) in [5.74, 6) is -0.857. The molecule has 0 fully saturated rings. The number of ether oxygens (including phenoxy) is 4. The Morgan fingerprint density at radius 3 is 2.68 bits per heavy atom. The Bertz CT molecular complexity index is 902. The maximum Gasteiger partial charge on any atom is 0.339 e. The number of anilines is 1. The molecule has 7 nitrogen and oxygen atoms in total. The van der Waals surface area contributed by atoms with Crippen LogP contribution >= 0.6 is 11.6 Å². The van der Waals surface area contributed by atoms with Gasteiger partial charge in [-0.2, -0.15) is 0 Å². The van der Waals surface area contributed by atoms with Crippen LogP contribution in [0.1, 0.15) is 17.3 Å². The molecular weight excluding hydrogens is 393 g/mol. The lowest BCUT2D eigenvalue weighted by molar-refractivity contribution is -0.123. The normalized spacial score (nSPS) is 13.4. The highest BCUT2D eigenvalue weighted by Gasteiger charge is 2.24. The predicted molar refractivity (Wildman–Crippen MR) is 98.9 cm³/mol. The first-order chi connectivity index (χ1) is 13.4. The van der Waals surface area contributed by atoms with Gasteiger partial charge in [0.15, 0.2) is 17.6 Å². The van der Waals surface area contributed by atoms with Crippen molar-refractivity contribution in [3.8, 4) is 17.2 Å². The van der Waals surface area contributed by atoms with Crippen molar-refractivity contribution in [1.29, 1.82) is 0 Å². The van der Waals surface area contributed by atoms with Crippen molar-refractivity contribution in [1.82, 2.24) is 0 Å². The third-order valence-electron chi connectivity index (χ3n) is 3.90. The lowest BCUT2D eigenvalue weighted by atomic mass is 10.1. The van der Waals surface area contributed by atoms with Crippen molar-refractivity contribution in [3.05, 3.63) is 46.7 Å². The smallest absolute Gasteiger partial charge is 0.339 e. The molecule has 1 atom stereocenters. The predicted octanol–water partition coefficient (Wildman–Crippen LogP) is 3.44. The van der Waals surface area contributed by atoms with Gasteiger partial charge in [-0.25, -0.2) is 9.18 Å². The number of carbonyl (C=O) groups excluding carboxylic acids is 2. The van der Waals surface area contributed by atoms with E-state index < -0.39 is 23.8 Å². The van der Waals surface area contributed by atoms with E-state index in [0.717, 1.165) is 6.07 Å². The summed E-state index contributed by atoms with van der Waals surface area (Å²) >= 11 is 5.68. The number of nitrogens with one attached hydrogen (secondary N) is 1. The summed E-state index contributed by atoms with van der Waals surface area (Å²) < 4.78 is 34.6. The molecule has 2 aromatic rings. The summed E-state index contributed by atoms with van der Waals surface area (Å²) in [5, 5.41) is 2.37. The molecule has 1 heterocycles. The number of benzene rings is 2. The molecule has 1 aliphatic heterocycles. The number of hydrogen-bond acceptors (Lipinski definition) is 6. The zero-order valence-corrected chi connectivity index (χ0v) is 15.8. The first-order valence-electron chi connectivity index (χ1n) is 8.33. The topological polar surface area (TPSA) is 83.1 Å². The minimum absolute atomic E-state index is 0.133. The molecule has 0 unspecified atom stereocenters. The summed E-state index contributed by atoms with van der Waals surface area (Å²) in [7, 11) is 1.44. The lowest BCUT2D eigenvalue weighted by Crippen LogP contribution is -2.30. The van der Waals surface area contributed by atoms with Crippen molar-refractivity contribution in [3.63, 3.8) is 0 Å². The Hall–Kier alpha value is -3.00. The largest absolute Gasteiger partial charge is 0.493 e. The fraction of sp³-hybridized carbons (Fsp3) is 0.263. The highest BCUT2D eigenvalue weighted by molar-refractivity contribution is 6.31. The second-order valence-corrected chi connectivity index (χ2v) is 6.28. The summed E-state index contributed by atoms with van der Waals surface area (Å²) in [4.78, 5) is 24.7. The van der Waals surface area contributed by atoms with E-state index in [1.807, 2.05) is 0 Å². The number of rotatable bonds is 5. The molecule has 28 heavy (non-hydrogen) atoms. The quantitative estimate of drug-likeness (QED) is 0.762. The van der Waals surface area contributed by atoms with E-state index in [1.165, 1.54) is 38.3 Å². The lowest BCUT2D eigenvalue weighted by Gasteiger charge is -2.21. The van der Waals surface area contributed by atoms with Crippen LogP contribution in [0.3, 0.4) is 0 Å². The Kier molecular flexibility index (Phi) is 5.89. The average molecular weight is 410 g/mol. The number of fused-ring (bicyclic) bond motifs is 1. The first-order valence-corrected chi connectivity index (χ1v) is 8.71. The van der Waals surface area contributed by atoms with E-state index in [9.17, 15) is 14.0 Å². The molecule has 0 radical (unpaired) electrons. The summed E-state index contributed by atoms with van der Waals surface area (Å²) in [5.41, 5.74) is 0.422. The standard InChI is InChI=1S/C19H17ClFNO6/c1-10(18(23)22-12-3-4-14(21)13(20)9-12)28-19(24)11-7-15(25-2)17-16(8-11)26-5-6-27-17/h3-4,7-10H,5-6H2,1-2H3,(H,22,23)/t10-/m0/s1. The van der Waals surface area contributed by atoms with Crippen molar-refractivity contribution in [2.75, 3.05) is 25.6 Å². The second kappa shape index (κ2) is 8.35. The molecule has 9 heteroatoms. The van der Waals surface area contributed by atoms with Gasteiger partial charge in [0, 0.05) is 5.69 Å². The number of hydrogen-bond donors (Lipinski definition) is 1. The molecule has 0 spiro atoms. The zero-order valence-electron chi connectivity index (χ0n) is 15.1. The Labute approximate surface area is 165 Å². The van der Waals surface area contributed by atoms with Crippen LogP contribution in [0, 0.1) is 5.82 Å². The third kappa shape index (κ3) is 4.28. The highest BCUT2D eigenvalue weighted by Crippen LogP contribution is 2.40. The van der Waals surface area contributed by atoms with Gasteiger partial charge in [-0.15, -0.1) is 0 Å². The molecule has 0 aromatic heterocycles. The summed E-state index contributed by atoms with van der Waals surface area (Å²) in [6.07, 6.45) is -1.12. The summed E-state index contributed by atoms with van der Waals surface area (Å²) in [6.45, 7) is 2.12. The van der Waals surface area contributed by atoms with Crippen molar-refractivity contribution in [2.24, 2.45) is 0 Å². The minimum Gasteiger partial charge on any atom is -0.493 e. The Morgan fingerprint density at radius 1 is 1.21 bits per heavy atom. The minimum atomic E-state index is -1.12. The van der Waals surface area contributed by atoms with Crippen LogP contribution in [-0.4, -0.2) is 38.3 Å². The van der Waals surface area contributed by atoms with Gasteiger partial charge in [-0.05, 0) is 37.3 Å². The van der Waals surface area contributed by atoms with Crippen LogP contribution in [0.5, 0.6) is 17.2 Å². The maximum absolute atomic E-state index is 13.2. The third-order valence-corrected chi connectivity index (χ3v) is 4.19. The molecule has 0 bridgehead atoms. The number of halogens is 2. The molecule has 0 saturated heterocycles. The van der Waals surface area contributed by atoms with Crippen LogP contribution in [0.25, 0.3) is 0 Å². The van der Waals surface area contributed by atoms with E-state index in [0.29, 0.717) is 30.5 Å². The zero-order chi connectivity index (χ0) is 20.3. The van der Waals surface area contributed by atoms with Gasteiger partial charge in [0.2, 0.25) is 5.75 Å². The summed E-state index contributed by atoms with van der Waals surface area (Å²) in [6, 6.07) is 6.63. The van der Waals surface area contributed by atoms with Crippen molar-refractivity contribution < 1.29 is 32.9 Å². The molecule has 1 aliphatic rings. The second-order valence-electron chi connectivity index (χ2n) is 5.87. The van der Waals surface area contributed by atoms with E-state index in [-0.39, 0.29) is 16.3 Å². The number of amides is 1. The number of carbonyl (C=O) groups is 2. The molecule has 2 aromatic carbocycles. The molecule has 0 aliphatic carbocycles. The number of esters is 1. The van der Waals surface area contributed by atoms with Gasteiger partial charge < -0.3 is 24.3 Å². The Morgan fingerprint density at radius 2 is 1.96 bits per heavy atom. The molecule has 1 N–H and O–H groups in total. The van der Waals surface area contributed by atoms with Crippen LogP contribution < -0.4 is 19.5 Å². The maximum atomic E-state index is 13.2. The molecule has 0 saturated carbocycles. The van der Waals surface area contributed by atoms with Gasteiger partial charge in [-0.3, -0.25) is 4.79 Å². The Balaban J connectivity index is 1.69. The van der Waals surface area contributed by atoms with Crippen LogP contribution in [0.2, 0.25) is 5.02 Å². The van der Waals surface area contributed by atoms with Crippen LogP contribution in [-0.2, 0) is 9.53 Å². The van der Waals surface area contributed by atoms with Gasteiger partial charge in [-0.1, -0.05) is 11.6 Å². The number of methoxy groups -OCH3 is 1. The van der Waals surface area contributed by atoms with E-state index in [1.54, 1.807) is 0 Å².